The minimum absolute atomic E-state index is 0.00265. The van der Waals surface area contributed by atoms with E-state index in [-0.39, 0.29) is 11.7 Å². The van der Waals surface area contributed by atoms with Gasteiger partial charge in [0.1, 0.15) is 0 Å². The highest BCUT2D eigenvalue weighted by Gasteiger charge is 2.30. The first-order valence-corrected chi connectivity index (χ1v) is 11.3. The Morgan fingerprint density at radius 2 is 1.64 bits per heavy atom. The van der Waals surface area contributed by atoms with Crippen LogP contribution in [0.1, 0.15) is 47.2 Å². The Bertz CT molecular complexity index is 941. The van der Waals surface area contributed by atoms with Crippen LogP contribution in [0.4, 0.5) is 0 Å². The summed E-state index contributed by atoms with van der Waals surface area (Å²) in [5, 5.41) is 0. The standard InChI is InChI=1S/C21H29N3O3S/c1-16(2)24-17(3)14-20(18(24)4)21(25)22-10-12-23(13-11-22)28(26,27)15-19-8-6-5-7-9-19/h5-9,14,16H,10-13,15H2,1-4H3. The Morgan fingerprint density at radius 3 is 2.18 bits per heavy atom. The molecule has 0 N–H and O–H groups in total. The molecule has 0 unspecified atom stereocenters. The van der Waals surface area contributed by atoms with E-state index in [4.69, 9.17) is 0 Å². The molecule has 1 aliphatic heterocycles. The van der Waals surface area contributed by atoms with E-state index < -0.39 is 10.0 Å². The summed E-state index contributed by atoms with van der Waals surface area (Å²) in [4.78, 5) is 14.8. The van der Waals surface area contributed by atoms with Gasteiger partial charge in [0.15, 0.2) is 0 Å². The second-order valence-electron chi connectivity index (χ2n) is 7.68. The molecule has 0 spiro atoms. The largest absolute Gasteiger partial charge is 0.346 e. The van der Waals surface area contributed by atoms with Crippen molar-refractivity contribution < 1.29 is 13.2 Å². The van der Waals surface area contributed by atoms with E-state index in [1.807, 2.05) is 50.2 Å². The van der Waals surface area contributed by atoms with Gasteiger partial charge < -0.3 is 9.47 Å². The number of piperazine rings is 1. The predicted octanol–water partition coefficient (Wildman–Crippen LogP) is 2.97. The number of rotatable bonds is 5. The lowest BCUT2D eigenvalue weighted by Crippen LogP contribution is -2.50. The number of carbonyl (C=O) groups is 1. The minimum Gasteiger partial charge on any atom is -0.346 e. The van der Waals surface area contributed by atoms with Gasteiger partial charge in [0.25, 0.3) is 5.91 Å². The van der Waals surface area contributed by atoms with Crippen LogP contribution in [0.2, 0.25) is 0 Å². The molecule has 2 heterocycles. The molecular formula is C21H29N3O3S. The third-order valence-electron chi connectivity index (χ3n) is 5.34. The Kier molecular flexibility index (Phi) is 5.95. The summed E-state index contributed by atoms with van der Waals surface area (Å²) in [6.07, 6.45) is 0. The molecule has 7 heteroatoms. The molecule has 0 atom stereocenters. The first-order chi connectivity index (χ1) is 13.2. The van der Waals surface area contributed by atoms with Crippen LogP contribution in [0.3, 0.4) is 0 Å². The maximum absolute atomic E-state index is 13.0. The quantitative estimate of drug-likeness (QED) is 0.771. The topological polar surface area (TPSA) is 62.6 Å². The van der Waals surface area contributed by atoms with Gasteiger partial charge in [0.2, 0.25) is 10.0 Å². The lowest BCUT2D eigenvalue weighted by molar-refractivity contribution is 0.0697. The van der Waals surface area contributed by atoms with Gasteiger partial charge >= 0.3 is 0 Å². The van der Waals surface area contributed by atoms with Crippen LogP contribution >= 0.6 is 0 Å². The molecule has 152 valence electrons. The van der Waals surface area contributed by atoms with E-state index in [2.05, 4.69) is 18.4 Å². The zero-order valence-corrected chi connectivity index (χ0v) is 17.9. The lowest BCUT2D eigenvalue weighted by Gasteiger charge is -2.34. The van der Waals surface area contributed by atoms with Crippen LogP contribution in [-0.2, 0) is 15.8 Å². The highest BCUT2D eigenvalue weighted by atomic mass is 32.2. The maximum Gasteiger partial charge on any atom is 0.255 e. The number of amides is 1. The summed E-state index contributed by atoms with van der Waals surface area (Å²) in [7, 11) is -3.38. The zero-order valence-electron chi connectivity index (χ0n) is 17.1. The van der Waals surface area contributed by atoms with Crippen molar-refractivity contribution in [2.24, 2.45) is 0 Å². The molecule has 1 fully saturated rings. The van der Waals surface area contributed by atoms with Crippen LogP contribution in [0, 0.1) is 13.8 Å². The first-order valence-electron chi connectivity index (χ1n) is 9.70. The predicted molar refractivity (Wildman–Crippen MR) is 111 cm³/mol. The summed E-state index contributed by atoms with van der Waals surface area (Å²) in [5.41, 5.74) is 3.53. The van der Waals surface area contributed by atoms with E-state index in [1.54, 1.807) is 4.90 Å². The Morgan fingerprint density at radius 1 is 1.04 bits per heavy atom. The molecule has 3 rings (SSSR count). The van der Waals surface area contributed by atoms with Gasteiger partial charge in [-0.25, -0.2) is 8.42 Å². The fourth-order valence-corrected chi connectivity index (χ4v) is 5.52. The molecule has 1 saturated heterocycles. The van der Waals surface area contributed by atoms with Crippen LogP contribution in [0.25, 0.3) is 0 Å². The van der Waals surface area contributed by atoms with Gasteiger partial charge in [0.05, 0.1) is 11.3 Å². The van der Waals surface area contributed by atoms with Gasteiger partial charge in [-0.2, -0.15) is 4.31 Å². The molecule has 1 amide bonds. The summed E-state index contributed by atoms with van der Waals surface area (Å²) in [6.45, 7) is 9.69. The number of hydrogen-bond acceptors (Lipinski definition) is 3. The Hall–Kier alpha value is -2.12. The molecular weight excluding hydrogens is 374 g/mol. The molecule has 0 bridgehead atoms. The number of carbonyl (C=O) groups excluding carboxylic acids is 1. The molecule has 1 aromatic carbocycles. The number of benzene rings is 1. The van der Waals surface area contributed by atoms with E-state index in [9.17, 15) is 13.2 Å². The number of aromatic nitrogens is 1. The Labute approximate surface area is 167 Å². The Balaban J connectivity index is 1.67. The summed E-state index contributed by atoms with van der Waals surface area (Å²) in [5.74, 6) is -0.0164. The molecule has 0 saturated carbocycles. The van der Waals surface area contributed by atoms with Crippen LogP contribution in [0.15, 0.2) is 36.4 Å². The van der Waals surface area contributed by atoms with Gasteiger partial charge in [-0.15, -0.1) is 0 Å². The molecule has 6 nitrogen and oxygen atoms in total. The van der Waals surface area contributed by atoms with Crippen LogP contribution in [0.5, 0.6) is 0 Å². The molecule has 0 radical (unpaired) electrons. The van der Waals surface area contributed by atoms with Crippen LogP contribution < -0.4 is 0 Å². The van der Waals surface area contributed by atoms with E-state index in [1.165, 1.54) is 4.31 Å². The average molecular weight is 404 g/mol. The molecule has 1 aromatic heterocycles. The summed E-state index contributed by atoms with van der Waals surface area (Å²) in [6, 6.07) is 11.4. The van der Waals surface area contributed by atoms with Crippen molar-refractivity contribution in [1.29, 1.82) is 0 Å². The normalized spacial score (nSPS) is 16.0. The highest BCUT2D eigenvalue weighted by molar-refractivity contribution is 7.88. The molecule has 1 aliphatic rings. The first kappa shape index (κ1) is 20.6. The van der Waals surface area contributed by atoms with Crippen molar-refractivity contribution in [1.82, 2.24) is 13.8 Å². The van der Waals surface area contributed by atoms with Crippen molar-refractivity contribution in [3.8, 4) is 0 Å². The third-order valence-corrected chi connectivity index (χ3v) is 7.19. The molecule has 28 heavy (non-hydrogen) atoms. The van der Waals surface area contributed by atoms with Crippen molar-refractivity contribution in [3.05, 3.63) is 58.9 Å². The maximum atomic E-state index is 13.0. The molecule has 2 aromatic rings. The van der Waals surface area contributed by atoms with Crippen molar-refractivity contribution >= 4 is 15.9 Å². The second-order valence-corrected chi connectivity index (χ2v) is 9.65. The summed E-state index contributed by atoms with van der Waals surface area (Å²) < 4.78 is 29.1. The lowest BCUT2D eigenvalue weighted by atomic mass is 10.2. The number of nitrogens with zero attached hydrogens (tertiary/aromatic N) is 3. The van der Waals surface area contributed by atoms with Crippen molar-refractivity contribution in [3.63, 3.8) is 0 Å². The number of hydrogen-bond donors (Lipinski definition) is 0. The van der Waals surface area contributed by atoms with Crippen molar-refractivity contribution in [2.75, 3.05) is 26.2 Å². The smallest absolute Gasteiger partial charge is 0.255 e. The zero-order chi connectivity index (χ0) is 20.5. The molecule has 0 aliphatic carbocycles. The average Bonchev–Trinajstić information content (AvgIpc) is 2.96. The summed E-state index contributed by atoms with van der Waals surface area (Å²) >= 11 is 0. The number of sulfonamides is 1. The van der Waals surface area contributed by atoms with Gasteiger partial charge in [-0.3, -0.25) is 4.79 Å². The fraction of sp³-hybridized carbons (Fsp3) is 0.476. The number of aryl methyl sites for hydroxylation is 1. The SMILES string of the molecule is Cc1cc(C(=O)N2CCN(S(=O)(=O)Cc3ccccc3)CC2)c(C)n1C(C)C. The van der Waals surface area contributed by atoms with Crippen LogP contribution in [-0.4, -0.2) is 54.3 Å². The third kappa shape index (κ3) is 4.15. The van der Waals surface area contributed by atoms with E-state index in [0.29, 0.717) is 37.8 Å². The second kappa shape index (κ2) is 8.09. The minimum atomic E-state index is -3.38. The fourth-order valence-electron chi connectivity index (χ4n) is 4.00. The van der Waals surface area contributed by atoms with E-state index in [0.717, 1.165) is 17.0 Å². The van der Waals surface area contributed by atoms with Gasteiger partial charge in [-0.1, -0.05) is 30.3 Å². The van der Waals surface area contributed by atoms with Gasteiger partial charge in [-0.05, 0) is 39.3 Å². The highest BCUT2D eigenvalue weighted by Crippen LogP contribution is 2.22. The van der Waals surface area contributed by atoms with Gasteiger partial charge in [0, 0.05) is 43.6 Å². The van der Waals surface area contributed by atoms with E-state index >= 15 is 0 Å². The monoisotopic (exact) mass is 403 g/mol. The van der Waals surface area contributed by atoms with Crippen molar-refractivity contribution in [2.45, 2.75) is 39.5 Å².